The molecule has 7 nitrogen and oxygen atoms in total. The molecule has 2 amide bonds. The second kappa shape index (κ2) is 8.56. The first kappa shape index (κ1) is 20.1. The van der Waals surface area contributed by atoms with Crippen LogP contribution in [0.2, 0.25) is 0 Å². The van der Waals surface area contributed by atoms with Crippen LogP contribution in [0.4, 0.5) is 0 Å². The largest absolute Gasteiger partial charge is 0.356 e. The molecule has 0 bridgehead atoms. The fourth-order valence-corrected chi connectivity index (χ4v) is 3.67. The lowest BCUT2D eigenvalue weighted by Crippen LogP contribution is -2.53. The Morgan fingerprint density at radius 2 is 2.00 bits per heavy atom. The van der Waals surface area contributed by atoms with Gasteiger partial charge in [0.2, 0.25) is 5.91 Å². The number of carbonyl (C=O) groups is 2. The maximum Gasteiger partial charge on any atom is 0.254 e. The number of amides is 2. The minimum atomic E-state index is -0.748. The third-order valence-electron chi connectivity index (χ3n) is 5.29. The highest BCUT2D eigenvalue weighted by atomic mass is 16.5. The van der Waals surface area contributed by atoms with Crippen molar-refractivity contribution in [3.63, 3.8) is 0 Å². The molecule has 0 radical (unpaired) electrons. The average Bonchev–Trinajstić information content (AvgIpc) is 2.99. The highest BCUT2D eigenvalue weighted by Gasteiger charge is 2.38. The van der Waals surface area contributed by atoms with E-state index in [0.29, 0.717) is 13.1 Å². The quantitative estimate of drug-likeness (QED) is 0.828. The first-order chi connectivity index (χ1) is 13.5. The molecule has 1 aromatic heterocycles. The fraction of sp³-hybridized carbons (Fsp3) is 0.476. The Balaban J connectivity index is 1.85. The van der Waals surface area contributed by atoms with Crippen molar-refractivity contribution in [2.45, 2.75) is 52.9 Å². The zero-order valence-electron chi connectivity index (χ0n) is 16.9. The van der Waals surface area contributed by atoms with Gasteiger partial charge < -0.3 is 15.0 Å². The Hall–Kier alpha value is -2.67. The van der Waals surface area contributed by atoms with Crippen molar-refractivity contribution in [1.29, 1.82) is 0 Å². The van der Waals surface area contributed by atoms with Crippen molar-refractivity contribution in [2.24, 2.45) is 0 Å². The molecular weight excluding hydrogens is 356 g/mol. The summed E-state index contributed by atoms with van der Waals surface area (Å²) in [6.45, 7) is 9.70. The number of hydrogen-bond donors (Lipinski definition) is 1. The molecule has 0 unspecified atom stereocenters. The highest BCUT2D eigenvalue weighted by Crippen LogP contribution is 2.25. The zero-order chi connectivity index (χ0) is 20.3. The van der Waals surface area contributed by atoms with Crippen LogP contribution in [0.5, 0.6) is 0 Å². The van der Waals surface area contributed by atoms with Gasteiger partial charge in [-0.3, -0.25) is 14.3 Å². The van der Waals surface area contributed by atoms with E-state index in [1.54, 1.807) is 4.90 Å². The second-order valence-electron chi connectivity index (χ2n) is 7.01. The summed E-state index contributed by atoms with van der Waals surface area (Å²) in [6.07, 6.45) is -0.748. The van der Waals surface area contributed by atoms with E-state index in [2.05, 4.69) is 17.3 Å². The maximum absolute atomic E-state index is 13.3. The summed E-state index contributed by atoms with van der Waals surface area (Å²) in [5.41, 5.74) is 3.93. The van der Waals surface area contributed by atoms with Crippen LogP contribution < -0.4 is 5.32 Å². The summed E-state index contributed by atoms with van der Waals surface area (Å²) in [5.74, 6) is -0.337. The summed E-state index contributed by atoms with van der Waals surface area (Å²) in [5, 5.41) is 7.47. The molecule has 0 aliphatic carbocycles. The number of benzene rings is 1. The normalized spacial score (nSPS) is 19.4. The van der Waals surface area contributed by atoms with Gasteiger partial charge in [0.15, 0.2) is 6.10 Å². The van der Waals surface area contributed by atoms with Crippen LogP contribution in [-0.4, -0.2) is 45.8 Å². The predicted molar refractivity (Wildman–Crippen MR) is 106 cm³/mol. The molecule has 0 saturated carbocycles. The number of hydrogen-bond acceptors (Lipinski definition) is 4. The first-order valence-corrected chi connectivity index (χ1v) is 9.73. The number of nitrogens with zero attached hydrogens (tertiary/aromatic N) is 3. The molecule has 28 heavy (non-hydrogen) atoms. The van der Waals surface area contributed by atoms with Crippen molar-refractivity contribution < 1.29 is 14.3 Å². The van der Waals surface area contributed by atoms with Gasteiger partial charge in [-0.15, -0.1) is 0 Å². The summed E-state index contributed by atoms with van der Waals surface area (Å²) in [6, 6.07) is 8.99. The number of nitrogens with one attached hydrogen (secondary N) is 1. The number of likely N-dealkylation sites (N-methyl/N-ethyl adjacent to an activating group) is 1. The van der Waals surface area contributed by atoms with Gasteiger partial charge in [0, 0.05) is 30.9 Å². The number of aromatic nitrogens is 2. The lowest BCUT2D eigenvalue weighted by atomic mass is 9.98. The number of ether oxygens (including phenoxy) is 1. The Bertz CT molecular complexity index is 847. The van der Waals surface area contributed by atoms with Crippen LogP contribution in [0.15, 0.2) is 30.3 Å². The molecule has 1 saturated heterocycles. The molecule has 1 aliphatic heterocycles. The Labute approximate surface area is 165 Å². The summed E-state index contributed by atoms with van der Waals surface area (Å²) >= 11 is 0. The second-order valence-corrected chi connectivity index (χ2v) is 7.01. The number of rotatable bonds is 6. The molecule has 2 aromatic rings. The van der Waals surface area contributed by atoms with E-state index in [0.717, 1.165) is 29.1 Å². The number of carbonyl (C=O) groups excluding carboxylic acids is 2. The van der Waals surface area contributed by atoms with Gasteiger partial charge in [-0.1, -0.05) is 30.3 Å². The SMILES string of the molecule is CCN(Cc1c(C)nn(CC)c1C)C(=O)[C@H]1OCC(=O)N[C@@H]1c1ccccc1. The van der Waals surface area contributed by atoms with E-state index in [1.165, 1.54) is 0 Å². The minimum absolute atomic E-state index is 0.108. The van der Waals surface area contributed by atoms with Crippen LogP contribution in [0, 0.1) is 13.8 Å². The lowest BCUT2D eigenvalue weighted by molar-refractivity contribution is -0.155. The van der Waals surface area contributed by atoms with Crippen LogP contribution >= 0.6 is 0 Å². The highest BCUT2D eigenvalue weighted by molar-refractivity contribution is 5.86. The molecule has 0 spiro atoms. The van der Waals surface area contributed by atoms with Crippen molar-refractivity contribution in [3.05, 3.63) is 52.8 Å². The summed E-state index contributed by atoms with van der Waals surface area (Å²) < 4.78 is 7.65. The third-order valence-corrected chi connectivity index (χ3v) is 5.29. The van der Waals surface area contributed by atoms with Gasteiger partial charge in [0.25, 0.3) is 5.91 Å². The molecular formula is C21H28N4O3. The smallest absolute Gasteiger partial charge is 0.254 e. The van der Waals surface area contributed by atoms with Gasteiger partial charge in [-0.05, 0) is 33.3 Å². The van der Waals surface area contributed by atoms with Gasteiger partial charge >= 0.3 is 0 Å². The summed E-state index contributed by atoms with van der Waals surface area (Å²) in [7, 11) is 0. The molecule has 1 fully saturated rings. The fourth-order valence-electron chi connectivity index (χ4n) is 3.67. The van der Waals surface area contributed by atoms with Crippen molar-refractivity contribution in [1.82, 2.24) is 20.0 Å². The van der Waals surface area contributed by atoms with E-state index < -0.39 is 12.1 Å². The Morgan fingerprint density at radius 1 is 1.29 bits per heavy atom. The topological polar surface area (TPSA) is 76.5 Å². The number of aryl methyl sites for hydroxylation is 2. The zero-order valence-corrected chi connectivity index (χ0v) is 16.9. The average molecular weight is 384 g/mol. The van der Waals surface area contributed by atoms with E-state index >= 15 is 0 Å². The van der Waals surface area contributed by atoms with Crippen LogP contribution in [0.25, 0.3) is 0 Å². The molecule has 3 rings (SSSR count). The molecule has 2 heterocycles. The molecule has 150 valence electrons. The van der Waals surface area contributed by atoms with Gasteiger partial charge in [-0.25, -0.2) is 0 Å². The van der Waals surface area contributed by atoms with Gasteiger partial charge in [-0.2, -0.15) is 5.10 Å². The molecule has 7 heteroatoms. The maximum atomic E-state index is 13.3. The van der Waals surface area contributed by atoms with Gasteiger partial charge in [0.05, 0.1) is 11.7 Å². The van der Waals surface area contributed by atoms with E-state index in [4.69, 9.17) is 4.74 Å². The Morgan fingerprint density at radius 3 is 2.61 bits per heavy atom. The van der Waals surface area contributed by atoms with Crippen molar-refractivity contribution >= 4 is 11.8 Å². The monoisotopic (exact) mass is 384 g/mol. The molecule has 1 N–H and O–H groups in total. The van der Waals surface area contributed by atoms with Crippen LogP contribution in [0.1, 0.15) is 42.4 Å². The molecule has 1 aromatic carbocycles. The number of morpholine rings is 1. The standard InChI is InChI=1S/C21H28N4O3/c1-5-24(12-17-14(3)23-25(6-2)15(17)4)21(27)20-19(22-18(26)13-28-20)16-10-8-7-9-11-16/h7-11,19-20H,5-6,12-13H2,1-4H3,(H,22,26)/t19-,20+/m1/s1. The minimum Gasteiger partial charge on any atom is -0.356 e. The van der Waals surface area contributed by atoms with E-state index in [9.17, 15) is 9.59 Å². The van der Waals surface area contributed by atoms with Gasteiger partial charge in [0.1, 0.15) is 6.61 Å². The molecule has 1 aliphatic rings. The molecule has 2 atom stereocenters. The van der Waals surface area contributed by atoms with Crippen molar-refractivity contribution in [2.75, 3.05) is 13.2 Å². The first-order valence-electron chi connectivity index (χ1n) is 9.73. The van der Waals surface area contributed by atoms with Crippen LogP contribution in [0.3, 0.4) is 0 Å². The van der Waals surface area contributed by atoms with E-state index in [1.807, 2.05) is 55.8 Å². The Kier molecular flexibility index (Phi) is 6.14. The van der Waals surface area contributed by atoms with Crippen molar-refractivity contribution in [3.8, 4) is 0 Å². The predicted octanol–water partition coefficient (Wildman–Crippen LogP) is 2.12. The van der Waals surface area contributed by atoms with Crippen LogP contribution in [-0.2, 0) is 27.4 Å². The lowest BCUT2D eigenvalue weighted by Gasteiger charge is -2.35. The summed E-state index contributed by atoms with van der Waals surface area (Å²) in [4.78, 5) is 27.0. The third kappa shape index (κ3) is 3.94. The van der Waals surface area contributed by atoms with E-state index in [-0.39, 0.29) is 18.4 Å².